The van der Waals surface area contributed by atoms with Gasteiger partial charge in [-0.3, -0.25) is 4.79 Å². The van der Waals surface area contributed by atoms with E-state index in [2.05, 4.69) is 29.7 Å². The van der Waals surface area contributed by atoms with Gasteiger partial charge in [-0.2, -0.15) is 0 Å². The second kappa shape index (κ2) is 11.1. The number of esters is 1. The standard InChI is InChI=1S/C27H33N3O4S/c1-4-33-23-9-7-22(8-10-23)28-27(35)30(11-12-34-26(32)19-5-6-19)16-21-15-20-14-17(2)13-18(3)24(20)29-25(21)31/h7-10,13-15,19,25,29,31H,4-6,11-12,16H2,1-3H3,(H,28,35). The van der Waals surface area contributed by atoms with E-state index in [1.165, 1.54) is 0 Å². The number of thiocarbonyl (C=S) groups is 1. The zero-order valence-corrected chi connectivity index (χ0v) is 21.3. The number of hydrogen-bond acceptors (Lipinski definition) is 6. The van der Waals surface area contributed by atoms with E-state index in [1.807, 2.05) is 49.1 Å². The number of nitrogens with zero attached hydrogens (tertiary/aromatic N) is 1. The number of anilines is 2. The van der Waals surface area contributed by atoms with E-state index in [-0.39, 0.29) is 18.5 Å². The van der Waals surface area contributed by atoms with Crippen LogP contribution < -0.4 is 15.4 Å². The molecule has 8 heteroatoms. The third kappa shape index (κ3) is 6.52. The van der Waals surface area contributed by atoms with Crippen molar-refractivity contribution in [3.63, 3.8) is 0 Å². The molecule has 0 amide bonds. The molecule has 0 radical (unpaired) electrons. The molecular weight excluding hydrogens is 462 g/mol. The molecule has 35 heavy (non-hydrogen) atoms. The Bertz CT molecular complexity index is 1110. The second-order valence-electron chi connectivity index (χ2n) is 9.06. The van der Waals surface area contributed by atoms with Gasteiger partial charge in [0.25, 0.3) is 0 Å². The number of hydrogen-bond donors (Lipinski definition) is 3. The van der Waals surface area contributed by atoms with Gasteiger partial charge in [0.1, 0.15) is 18.6 Å². The van der Waals surface area contributed by atoms with Gasteiger partial charge in [0.2, 0.25) is 0 Å². The average molecular weight is 496 g/mol. The van der Waals surface area contributed by atoms with Crippen molar-refractivity contribution in [3.05, 3.63) is 58.7 Å². The summed E-state index contributed by atoms with van der Waals surface area (Å²) in [5.74, 6) is 0.694. The minimum atomic E-state index is -0.839. The molecule has 1 unspecified atom stereocenters. The molecule has 2 aliphatic rings. The lowest BCUT2D eigenvalue weighted by atomic mass is 9.97. The largest absolute Gasteiger partial charge is 0.494 e. The molecule has 2 aromatic carbocycles. The zero-order valence-electron chi connectivity index (χ0n) is 20.5. The van der Waals surface area contributed by atoms with E-state index in [1.54, 1.807) is 0 Å². The van der Waals surface area contributed by atoms with Crippen molar-refractivity contribution < 1.29 is 19.4 Å². The van der Waals surface area contributed by atoms with Crippen LogP contribution in [0.1, 0.15) is 36.5 Å². The van der Waals surface area contributed by atoms with Crippen molar-refractivity contribution in [2.75, 3.05) is 36.9 Å². The lowest BCUT2D eigenvalue weighted by Gasteiger charge is -2.32. The molecule has 1 saturated carbocycles. The van der Waals surface area contributed by atoms with Crippen LogP contribution in [0.4, 0.5) is 11.4 Å². The molecule has 1 aliphatic heterocycles. The summed E-state index contributed by atoms with van der Waals surface area (Å²) in [5, 5.41) is 17.8. The van der Waals surface area contributed by atoms with Crippen LogP contribution in [-0.4, -0.2) is 53.6 Å². The maximum atomic E-state index is 12.0. The summed E-state index contributed by atoms with van der Waals surface area (Å²) in [6.45, 7) is 7.65. The van der Waals surface area contributed by atoms with Gasteiger partial charge in [0.05, 0.1) is 19.1 Å². The summed E-state index contributed by atoms with van der Waals surface area (Å²) < 4.78 is 11.0. The minimum absolute atomic E-state index is 0.0486. The molecule has 3 N–H and O–H groups in total. The van der Waals surface area contributed by atoms with Gasteiger partial charge >= 0.3 is 5.97 Å². The number of aryl methyl sites for hydroxylation is 2. The fourth-order valence-electron chi connectivity index (χ4n) is 4.12. The molecule has 0 spiro atoms. The van der Waals surface area contributed by atoms with Crippen LogP contribution in [0, 0.1) is 19.8 Å². The number of aliphatic hydroxyl groups is 1. The van der Waals surface area contributed by atoms with E-state index in [0.717, 1.165) is 52.2 Å². The maximum absolute atomic E-state index is 12.0. The number of aliphatic hydroxyl groups excluding tert-OH is 1. The van der Waals surface area contributed by atoms with Gasteiger partial charge in [-0.05, 0) is 98.9 Å². The highest BCUT2D eigenvalue weighted by Gasteiger charge is 2.31. The quantitative estimate of drug-likeness (QED) is 0.347. The number of rotatable bonds is 9. The third-order valence-electron chi connectivity index (χ3n) is 6.08. The average Bonchev–Trinajstić information content (AvgIpc) is 3.66. The fourth-order valence-corrected chi connectivity index (χ4v) is 4.40. The van der Waals surface area contributed by atoms with Crippen molar-refractivity contribution in [2.45, 2.75) is 39.8 Å². The first-order valence-electron chi connectivity index (χ1n) is 12.1. The molecule has 1 atom stereocenters. The predicted molar refractivity (Wildman–Crippen MR) is 143 cm³/mol. The van der Waals surface area contributed by atoms with Gasteiger partial charge in [-0.25, -0.2) is 0 Å². The molecule has 1 aliphatic carbocycles. The second-order valence-corrected chi connectivity index (χ2v) is 9.45. The van der Waals surface area contributed by atoms with Crippen molar-refractivity contribution in [1.29, 1.82) is 0 Å². The molecule has 0 saturated heterocycles. The smallest absolute Gasteiger partial charge is 0.308 e. The Morgan fingerprint density at radius 1 is 1.23 bits per heavy atom. The minimum Gasteiger partial charge on any atom is -0.494 e. The SMILES string of the molecule is CCOc1ccc(NC(=S)N(CCOC(=O)C2CC2)CC2=Cc3cc(C)cc(C)c3NC2O)cc1. The Morgan fingerprint density at radius 3 is 2.66 bits per heavy atom. The molecule has 0 aromatic heterocycles. The Balaban J connectivity index is 1.49. The first-order chi connectivity index (χ1) is 16.8. The highest BCUT2D eigenvalue weighted by molar-refractivity contribution is 7.80. The topological polar surface area (TPSA) is 83.1 Å². The zero-order chi connectivity index (χ0) is 24.9. The van der Waals surface area contributed by atoms with Crippen LogP contribution in [0.25, 0.3) is 6.08 Å². The lowest BCUT2D eigenvalue weighted by Crippen LogP contribution is -2.41. The van der Waals surface area contributed by atoms with E-state index in [9.17, 15) is 9.90 Å². The van der Waals surface area contributed by atoms with Crippen LogP contribution in [0.3, 0.4) is 0 Å². The number of nitrogens with one attached hydrogen (secondary N) is 2. The van der Waals surface area contributed by atoms with Crippen molar-refractivity contribution in [1.82, 2.24) is 4.90 Å². The molecule has 186 valence electrons. The molecule has 1 fully saturated rings. The number of fused-ring (bicyclic) bond motifs is 1. The fraction of sp³-hybridized carbons (Fsp3) is 0.407. The maximum Gasteiger partial charge on any atom is 0.308 e. The number of carbonyl (C=O) groups is 1. The van der Waals surface area contributed by atoms with Gasteiger partial charge in [0, 0.05) is 17.9 Å². The summed E-state index contributed by atoms with van der Waals surface area (Å²) in [5.41, 5.74) is 5.83. The van der Waals surface area contributed by atoms with Gasteiger partial charge < -0.3 is 30.1 Å². The van der Waals surface area contributed by atoms with Gasteiger partial charge in [-0.1, -0.05) is 11.6 Å². The molecule has 7 nitrogen and oxygen atoms in total. The van der Waals surface area contributed by atoms with Crippen molar-refractivity contribution in [3.8, 4) is 5.75 Å². The Kier molecular flexibility index (Phi) is 7.93. The monoisotopic (exact) mass is 495 g/mol. The van der Waals surface area contributed by atoms with Crippen LogP contribution in [0.2, 0.25) is 0 Å². The Hall–Kier alpha value is -3.10. The van der Waals surface area contributed by atoms with Gasteiger partial charge in [-0.15, -0.1) is 0 Å². The van der Waals surface area contributed by atoms with E-state index < -0.39 is 6.23 Å². The normalized spacial score (nSPS) is 16.5. The van der Waals surface area contributed by atoms with Crippen LogP contribution in [0.5, 0.6) is 5.75 Å². The van der Waals surface area contributed by atoms with Crippen LogP contribution in [-0.2, 0) is 9.53 Å². The van der Waals surface area contributed by atoms with Crippen molar-refractivity contribution >= 4 is 40.8 Å². The third-order valence-corrected chi connectivity index (χ3v) is 6.44. The summed E-state index contributed by atoms with van der Waals surface area (Å²) in [6, 6.07) is 11.8. The summed E-state index contributed by atoms with van der Waals surface area (Å²) in [7, 11) is 0. The number of carbonyl (C=O) groups excluding carboxylic acids is 1. The Morgan fingerprint density at radius 2 is 1.97 bits per heavy atom. The number of benzene rings is 2. The summed E-state index contributed by atoms with van der Waals surface area (Å²) >= 11 is 5.72. The first-order valence-corrected chi connectivity index (χ1v) is 12.5. The lowest BCUT2D eigenvalue weighted by molar-refractivity contribution is -0.145. The highest BCUT2D eigenvalue weighted by atomic mass is 32.1. The van der Waals surface area contributed by atoms with Crippen LogP contribution in [0.15, 0.2) is 42.0 Å². The number of ether oxygens (including phenoxy) is 2. The molecule has 4 rings (SSSR count). The Labute approximate surface area is 212 Å². The summed E-state index contributed by atoms with van der Waals surface area (Å²) in [6.07, 6.45) is 2.99. The molecule has 2 aromatic rings. The van der Waals surface area contributed by atoms with Gasteiger partial charge in [0.15, 0.2) is 5.11 Å². The molecule has 1 heterocycles. The van der Waals surface area contributed by atoms with E-state index in [4.69, 9.17) is 21.7 Å². The van der Waals surface area contributed by atoms with E-state index in [0.29, 0.717) is 24.8 Å². The first kappa shape index (κ1) is 25.0. The van der Waals surface area contributed by atoms with Crippen molar-refractivity contribution in [2.24, 2.45) is 5.92 Å². The summed E-state index contributed by atoms with van der Waals surface area (Å²) in [4.78, 5) is 13.9. The molecular formula is C27H33N3O4S. The van der Waals surface area contributed by atoms with E-state index >= 15 is 0 Å². The predicted octanol–water partition coefficient (Wildman–Crippen LogP) is 4.48. The molecule has 0 bridgehead atoms. The van der Waals surface area contributed by atoms with Crippen LogP contribution >= 0.6 is 12.2 Å². The highest BCUT2D eigenvalue weighted by Crippen LogP contribution is 2.31.